The van der Waals surface area contributed by atoms with Crippen molar-refractivity contribution in [2.75, 3.05) is 13.1 Å². The molecule has 1 atom stereocenters. The van der Waals surface area contributed by atoms with Crippen LogP contribution in [0.2, 0.25) is 0 Å². The highest BCUT2D eigenvalue weighted by Gasteiger charge is 2.16. The maximum atomic E-state index is 12.1. The van der Waals surface area contributed by atoms with Crippen LogP contribution in [0.4, 0.5) is 0 Å². The third-order valence-corrected chi connectivity index (χ3v) is 3.69. The molecule has 3 rings (SSSR count). The molecule has 1 unspecified atom stereocenters. The Hall–Kier alpha value is -1.78. The normalized spacial score (nSPS) is 17.2. The maximum absolute atomic E-state index is 12.1. The summed E-state index contributed by atoms with van der Waals surface area (Å²) in [5.41, 5.74) is 2.67. The van der Waals surface area contributed by atoms with Gasteiger partial charge in [0.05, 0.1) is 0 Å². The quantitative estimate of drug-likeness (QED) is 0.813. The fourth-order valence-electron chi connectivity index (χ4n) is 2.56. The van der Waals surface area contributed by atoms with E-state index >= 15 is 0 Å². The van der Waals surface area contributed by atoms with Crippen LogP contribution >= 0.6 is 12.4 Å². The van der Waals surface area contributed by atoms with Crippen LogP contribution in [0.3, 0.4) is 0 Å². The van der Waals surface area contributed by atoms with Gasteiger partial charge < -0.3 is 15.6 Å². The molecule has 0 spiro atoms. The van der Waals surface area contributed by atoms with Crippen molar-refractivity contribution in [1.82, 2.24) is 15.6 Å². The van der Waals surface area contributed by atoms with Crippen LogP contribution < -0.4 is 10.6 Å². The topological polar surface area (TPSA) is 56.9 Å². The van der Waals surface area contributed by atoms with Crippen molar-refractivity contribution in [2.24, 2.45) is 0 Å². The minimum absolute atomic E-state index is 0. The van der Waals surface area contributed by atoms with Gasteiger partial charge in [-0.1, -0.05) is 30.3 Å². The second-order valence-corrected chi connectivity index (χ2v) is 5.16. The van der Waals surface area contributed by atoms with Gasteiger partial charge in [-0.2, -0.15) is 0 Å². The minimum Gasteiger partial charge on any atom is -0.351 e. The maximum Gasteiger partial charge on any atom is 0.267 e. The Morgan fingerprint density at radius 1 is 1.19 bits per heavy atom. The van der Waals surface area contributed by atoms with E-state index in [0.717, 1.165) is 24.2 Å². The number of nitrogens with one attached hydrogen (secondary N) is 3. The Balaban J connectivity index is 0.00000161. The molecule has 1 aromatic carbocycles. The number of amides is 1. The number of hydrogen-bond donors (Lipinski definition) is 3. The van der Waals surface area contributed by atoms with Gasteiger partial charge in [0.2, 0.25) is 0 Å². The summed E-state index contributed by atoms with van der Waals surface area (Å²) < 4.78 is 0. The molecule has 1 amide bonds. The zero-order valence-electron chi connectivity index (χ0n) is 11.8. The first kappa shape index (κ1) is 15.6. The van der Waals surface area contributed by atoms with Gasteiger partial charge in [-0.3, -0.25) is 4.79 Å². The molecule has 0 saturated carbocycles. The Bertz CT molecular complexity index is 576. The fraction of sp³-hybridized carbons (Fsp3) is 0.312. The van der Waals surface area contributed by atoms with E-state index in [0.29, 0.717) is 18.3 Å². The summed E-state index contributed by atoms with van der Waals surface area (Å²) in [5, 5.41) is 6.34. The van der Waals surface area contributed by atoms with Crippen molar-refractivity contribution >= 4 is 18.3 Å². The van der Waals surface area contributed by atoms with Crippen molar-refractivity contribution in [2.45, 2.75) is 18.9 Å². The molecule has 1 fully saturated rings. The second kappa shape index (κ2) is 7.29. The van der Waals surface area contributed by atoms with E-state index in [1.807, 2.05) is 42.5 Å². The Morgan fingerprint density at radius 3 is 2.71 bits per heavy atom. The van der Waals surface area contributed by atoms with Gasteiger partial charge in [0.15, 0.2) is 0 Å². The summed E-state index contributed by atoms with van der Waals surface area (Å²) in [6.45, 7) is 1.75. The molecule has 2 aromatic rings. The van der Waals surface area contributed by atoms with Gasteiger partial charge in [-0.15, -0.1) is 12.4 Å². The van der Waals surface area contributed by atoms with Crippen molar-refractivity contribution in [1.29, 1.82) is 0 Å². The number of aromatic amines is 1. The molecule has 5 heteroatoms. The monoisotopic (exact) mass is 305 g/mol. The highest BCUT2D eigenvalue weighted by atomic mass is 35.5. The summed E-state index contributed by atoms with van der Waals surface area (Å²) in [4.78, 5) is 15.2. The molecular weight excluding hydrogens is 286 g/mol. The van der Waals surface area contributed by atoms with Crippen LogP contribution in [-0.4, -0.2) is 30.0 Å². The Kier molecular flexibility index (Phi) is 5.42. The lowest BCUT2D eigenvalue weighted by molar-refractivity contribution is 0.0946. The zero-order chi connectivity index (χ0) is 13.8. The lowest BCUT2D eigenvalue weighted by Gasteiger charge is -2.10. The first-order chi connectivity index (χ1) is 9.83. The molecule has 21 heavy (non-hydrogen) atoms. The first-order valence-electron chi connectivity index (χ1n) is 7.09. The van der Waals surface area contributed by atoms with E-state index in [2.05, 4.69) is 15.6 Å². The second-order valence-electron chi connectivity index (χ2n) is 5.16. The highest BCUT2D eigenvalue weighted by Crippen LogP contribution is 2.17. The minimum atomic E-state index is -0.0409. The summed E-state index contributed by atoms with van der Waals surface area (Å²) in [7, 11) is 0. The molecule has 1 aromatic heterocycles. The van der Waals surface area contributed by atoms with Crippen LogP contribution in [0.5, 0.6) is 0 Å². The summed E-state index contributed by atoms with van der Waals surface area (Å²) >= 11 is 0. The van der Waals surface area contributed by atoms with E-state index in [9.17, 15) is 4.79 Å². The Morgan fingerprint density at radius 2 is 2.00 bits per heavy atom. The molecule has 1 saturated heterocycles. The average molecular weight is 306 g/mol. The fourth-order valence-corrected chi connectivity index (χ4v) is 2.56. The predicted molar refractivity (Wildman–Crippen MR) is 86.8 cm³/mol. The predicted octanol–water partition coefficient (Wildman–Crippen LogP) is 2.59. The third kappa shape index (κ3) is 3.86. The SMILES string of the molecule is Cl.O=C(NCC1CCCN1)c1ccc(-c2ccccc2)[nH]1. The van der Waals surface area contributed by atoms with Gasteiger partial charge >= 0.3 is 0 Å². The molecule has 0 aliphatic carbocycles. The number of carbonyl (C=O) groups excluding carboxylic acids is 1. The van der Waals surface area contributed by atoms with Crippen molar-refractivity contribution in [3.8, 4) is 11.3 Å². The number of H-pyrrole nitrogens is 1. The van der Waals surface area contributed by atoms with E-state index < -0.39 is 0 Å². The van der Waals surface area contributed by atoms with Gasteiger partial charge in [0, 0.05) is 18.3 Å². The molecule has 4 nitrogen and oxygen atoms in total. The molecule has 2 heterocycles. The number of rotatable bonds is 4. The van der Waals surface area contributed by atoms with Gasteiger partial charge in [0.1, 0.15) is 5.69 Å². The lowest BCUT2D eigenvalue weighted by atomic mass is 10.2. The molecular formula is C16H20ClN3O. The summed E-state index contributed by atoms with van der Waals surface area (Å²) in [6, 6.07) is 14.2. The number of halogens is 1. The van der Waals surface area contributed by atoms with Crippen LogP contribution in [0.15, 0.2) is 42.5 Å². The summed E-state index contributed by atoms with van der Waals surface area (Å²) in [5.74, 6) is -0.0409. The zero-order valence-corrected chi connectivity index (χ0v) is 12.6. The van der Waals surface area contributed by atoms with E-state index in [4.69, 9.17) is 0 Å². The molecule has 1 aliphatic heterocycles. The van der Waals surface area contributed by atoms with E-state index in [1.54, 1.807) is 0 Å². The van der Waals surface area contributed by atoms with Crippen molar-refractivity contribution < 1.29 is 4.79 Å². The smallest absolute Gasteiger partial charge is 0.267 e. The van der Waals surface area contributed by atoms with E-state index in [-0.39, 0.29) is 18.3 Å². The van der Waals surface area contributed by atoms with Crippen molar-refractivity contribution in [3.63, 3.8) is 0 Å². The van der Waals surface area contributed by atoms with Crippen molar-refractivity contribution in [3.05, 3.63) is 48.2 Å². The molecule has 1 aliphatic rings. The van der Waals surface area contributed by atoms with Crippen LogP contribution in [0.1, 0.15) is 23.3 Å². The van der Waals surface area contributed by atoms with Gasteiger partial charge in [-0.25, -0.2) is 0 Å². The molecule has 0 bridgehead atoms. The van der Waals surface area contributed by atoms with Crippen LogP contribution in [-0.2, 0) is 0 Å². The first-order valence-corrected chi connectivity index (χ1v) is 7.09. The standard InChI is InChI=1S/C16H19N3O.ClH/c20-16(18-11-13-7-4-10-17-13)15-9-8-14(19-15)12-5-2-1-3-6-12;/h1-3,5-6,8-9,13,17,19H,4,7,10-11H2,(H,18,20);1H. The Labute approximate surface area is 130 Å². The third-order valence-electron chi connectivity index (χ3n) is 3.69. The van der Waals surface area contributed by atoms with E-state index in [1.165, 1.54) is 6.42 Å². The largest absolute Gasteiger partial charge is 0.351 e. The van der Waals surface area contributed by atoms with Gasteiger partial charge in [0.25, 0.3) is 5.91 Å². The average Bonchev–Trinajstić information content (AvgIpc) is 3.17. The number of carbonyl (C=O) groups is 1. The molecule has 112 valence electrons. The molecule has 3 N–H and O–H groups in total. The van der Waals surface area contributed by atoms with Crippen LogP contribution in [0, 0.1) is 0 Å². The number of benzene rings is 1. The molecule has 0 radical (unpaired) electrons. The summed E-state index contributed by atoms with van der Waals surface area (Å²) in [6.07, 6.45) is 2.33. The number of aromatic nitrogens is 1. The highest BCUT2D eigenvalue weighted by molar-refractivity contribution is 5.93. The lowest BCUT2D eigenvalue weighted by Crippen LogP contribution is -2.37. The number of hydrogen-bond acceptors (Lipinski definition) is 2. The van der Waals surface area contributed by atoms with Crippen LogP contribution in [0.25, 0.3) is 11.3 Å². The van der Waals surface area contributed by atoms with Gasteiger partial charge in [-0.05, 0) is 37.1 Å².